The normalized spacial score (nSPS) is 15.6. The largest absolute Gasteiger partial charge is 0.508 e. The average molecular weight is 319 g/mol. The van der Waals surface area contributed by atoms with E-state index in [0.29, 0.717) is 28.4 Å². The SMILES string of the molecule is OC1=CC(=C(O)Oc2ccccc2-c2nc3ccccc3o2)C=C1. The van der Waals surface area contributed by atoms with E-state index in [0.717, 1.165) is 5.52 Å². The third kappa shape index (κ3) is 2.52. The number of allylic oxidation sites excluding steroid dienone is 4. The van der Waals surface area contributed by atoms with Crippen molar-refractivity contribution in [2.75, 3.05) is 0 Å². The molecule has 0 spiro atoms. The predicted octanol–water partition coefficient (Wildman–Crippen LogP) is 4.65. The summed E-state index contributed by atoms with van der Waals surface area (Å²) < 4.78 is 11.3. The van der Waals surface area contributed by atoms with Gasteiger partial charge in [0.25, 0.3) is 5.95 Å². The molecule has 2 aromatic carbocycles. The van der Waals surface area contributed by atoms with E-state index in [4.69, 9.17) is 9.15 Å². The summed E-state index contributed by atoms with van der Waals surface area (Å²) in [4.78, 5) is 4.45. The monoisotopic (exact) mass is 319 g/mol. The van der Waals surface area contributed by atoms with E-state index < -0.39 is 0 Å². The van der Waals surface area contributed by atoms with Crippen molar-refractivity contribution in [3.8, 4) is 17.2 Å². The summed E-state index contributed by atoms with van der Waals surface area (Å²) >= 11 is 0. The number of benzene rings is 2. The number of fused-ring (bicyclic) bond motifs is 1. The van der Waals surface area contributed by atoms with Gasteiger partial charge in [0, 0.05) is 0 Å². The number of ether oxygens (including phenoxy) is 1. The zero-order valence-corrected chi connectivity index (χ0v) is 12.5. The van der Waals surface area contributed by atoms with Gasteiger partial charge in [-0.1, -0.05) is 24.3 Å². The number of rotatable bonds is 3. The molecule has 0 aliphatic heterocycles. The van der Waals surface area contributed by atoms with E-state index in [1.807, 2.05) is 30.3 Å². The second kappa shape index (κ2) is 5.62. The van der Waals surface area contributed by atoms with Crippen LogP contribution in [-0.2, 0) is 0 Å². The van der Waals surface area contributed by atoms with Gasteiger partial charge in [0.15, 0.2) is 5.58 Å². The molecular weight excluding hydrogens is 306 g/mol. The molecule has 0 saturated heterocycles. The number of nitrogens with zero attached hydrogens (tertiary/aromatic N) is 1. The van der Waals surface area contributed by atoms with Crippen LogP contribution in [0.5, 0.6) is 5.75 Å². The molecule has 0 bridgehead atoms. The highest BCUT2D eigenvalue weighted by Gasteiger charge is 2.16. The number of para-hydroxylation sites is 3. The Morgan fingerprint density at radius 2 is 1.79 bits per heavy atom. The highest BCUT2D eigenvalue weighted by Crippen LogP contribution is 2.33. The minimum absolute atomic E-state index is 0.0624. The second-order valence-electron chi connectivity index (χ2n) is 5.25. The van der Waals surface area contributed by atoms with Crippen molar-refractivity contribution >= 4 is 11.1 Å². The van der Waals surface area contributed by atoms with Gasteiger partial charge >= 0.3 is 0 Å². The standard InChI is InChI=1S/C19H13NO4/c21-13-10-9-12(11-13)19(22)24-16-7-3-1-5-14(16)18-20-15-6-2-4-8-17(15)23-18/h1-11,21-22H. The number of aromatic nitrogens is 1. The summed E-state index contributed by atoms with van der Waals surface area (Å²) in [6, 6.07) is 14.6. The fourth-order valence-electron chi connectivity index (χ4n) is 2.45. The van der Waals surface area contributed by atoms with Crippen LogP contribution in [0, 0.1) is 0 Å². The highest BCUT2D eigenvalue weighted by atomic mass is 16.6. The van der Waals surface area contributed by atoms with E-state index in [-0.39, 0.29) is 11.7 Å². The Bertz CT molecular complexity index is 978. The number of hydrogen-bond donors (Lipinski definition) is 2. The Morgan fingerprint density at radius 1 is 1.00 bits per heavy atom. The first-order valence-electron chi connectivity index (χ1n) is 7.35. The zero-order chi connectivity index (χ0) is 16.5. The van der Waals surface area contributed by atoms with Crippen molar-refractivity contribution < 1.29 is 19.4 Å². The first-order chi connectivity index (χ1) is 11.7. The zero-order valence-electron chi connectivity index (χ0n) is 12.5. The Balaban J connectivity index is 1.74. The molecule has 2 N–H and O–H groups in total. The number of hydrogen-bond acceptors (Lipinski definition) is 5. The minimum atomic E-state index is -0.307. The Morgan fingerprint density at radius 3 is 2.58 bits per heavy atom. The van der Waals surface area contributed by atoms with Gasteiger partial charge in [0.1, 0.15) is 17.0 Å². The smallest absolute Gasteiger partial charge is 0.289 e. The maximum Gasteiger partial charge on any atom is 0.289 e. The minimum Gasteiger partial charge on any atom is -0.508 e. The van der Waals surface area contributed by atoms with Gasteiger partial charge in [-0.2, -0.15) is 0 Å². The molecule has 1 aromatic heterocycles. The van der Waals surface area contributed by atoms with Crippen LogP contribution < -0.4 is 4.74 Å². The van der Waals surface area contributed by atoms with Crippen molar-refractivity contribution in [3.05, 3.63) is 84.0 Å². The van der Waals surface area contributed by atoms with Crippen LogP contribution in [0.25, 0.3) is 22.6 Å². The lowest BCUT2D eigenvalue weighted by molar-refractivity contribution is 0.206. The summed E-state index contributed by atoms with van der Waals surface area (Å²) in [6.07, 6.45) is 4.45. The molecule has 0 unspecified atom stereocenters. The number of aliphatic hydroxyl groups is 2. The molecular formula is C19H13NO4. The molecule has 0 amide bonds. The van der Waals surface area contributed by atoms with E-state index in [1.165, 1.54) is 12.2 Å². The Labute approximate surface area is 137 Å². The van der Waals surface area contributed by atoms with Crippen LogP contribution in [0.15, 0.2) is 88.5 Å². The lowest BCUT2D eigenvalue weighted by Gasteiger charge is -2.08. The van der Waals surface area contributed by atoms with Crippen LogP contribution in [0.3, 0.4) is 0 Å². The molecule has 5 nitrogen and oxygen atoms in total. The maximum atomic E-state index is 10.1. The van der Waals surface area contributed by atoms with Gasteiger partial charge < -0.3 is 19.4 Å². The fraction of sp³-hybridized carbons (Fsp3) is 0. The molecule has 1 heterocycles. The van der Waals surface area contributed by atoms with Crippen molar-refractivity contribution in [2.45, 2.75) is 0 Å². The van der Waals surface area contributed by atoms with Crippen molar-refractivity contribution in [1.29, 1.82) is 0 Å². The topological polar surface area (TPSA) is 75.7 Å². The molecule has 1 aliphatic carbocycles. The van der Waals surface area contributed by atoms with Gasteiger partial charge in [-0.05, 0) is 42.5 Å². The lowest BCUT2D eigenvalue weighted by Crippen LogP contribution is -1.98. The summed E-state index contributed by atoms with van der Waals surface area (Å²) in [7, 11) is 0. The van der Waals surface area contributed by atoms with Crippen molar-refractivity contribution in [2.24, 2.45) is 0 Å². The van der Waals surface area contributed by atoms with Crippen LogP contribution >= 0.6 is 0 Å². The van der Waals surface area contributed by atoms with E-state index in [9.17, 15) is 10.2 Å². The summed E-state index contributed by atoms with van der Waals surface area (Å²) in [5, 5.41) is 19.5. The van der Waals surface area contributed by atoms with E-state index in [2.05, 4.69) is 4.98 Å². The average Bonchev–Trinajstić information content (AvgIpc) is 3.21. The quantitative estimate of drug-likeness (QED) is 0.687. The van der Waals surface area contributed by atoms with Crippen molar-refractivity contribution in [1.82, 2.24) is 4.98 Å². The Hall–Kier alpha value is -3.47. The third-order valence-corrected chi connectivity index (χ3v) is 3.60. The van der Waals surface area contributed by atoms with Gasteiger partial charge in [-0.3, -0.25) is 0 Å². The van der Waals surface area contributed by atoms with Gasteiger partial charge in [-0.25, -0.2) is 4.98 Å². The first kappa shape index (κ1) is 14.1. The van der Waals surface area contributed by atoms with Crippen LogP contribution in [-0.4, -0.2) is 15.2 Å². The molecule has 24 heavy (non-hydrogen) atoms. The summed E-state index contributed by atoms with van der Waals surface area (Å²) in [6.45, 7) is 0. The molecule has 3 aromatic rings. The molecule has 0 saturated carbocycles. The van der Waals surface area contributed by atoms with Gasteiger partial charge in [-0.15, -0.1) is 0 Å². The van der Waals surface area contributed by atoms with Crippen molar-refractivity contribution in [3.63, 3.8) is 0 Å². The lowest BCUT2D eigenvalue weighted by atomic mass is 10.2. The maximum absolute atomic E-state index is 10.1. The predicted molar refractivity (Wildman–Crippen MR) is 89.6 cm³/mol. The van der Waals surface area contributed by atoms with Gasteiger partial charge in [0.2, 0.25) is 5.89 Å². The number of oxazole rings is 1. The van der Waals surface area contributed by atoms with Gasteiger partial charge in [0.05, 0.1) is 11.1 Å². The third-order valence-electron chi connectivity index (χ3n) is 3.60. The second-order valence-corrected chi connectivity index (χ2v) is 5.25. The summed E-state index contributed by atoms with van der Waals surface area (Å²) in [5.74, 6) is 0.568. The molecule has 0 atom stereocenters. The van der Waals surface area contributed by atoms with Crippen LogP contribution in [0.2, 0.25) is 0 Å². The van der Waals surface area contributed by atoms with Crippen LogP contribution in [0.1, 0.15) is 0 Å². The highest BCUT2D eigenvalue weighted by molar-refractivity contribution is 5.77. The molecule has 1 aliphatic rings. The van der Waals surface area contributed by atoms with Crippen LogP contribution in [0.4, 0.5) is 0 Å². The molecule has 5 heteroatoms. The summed E-state index contributed by atoms with van der Waals surface area (Å²) in [5.41, 5.74) is 2.43. The first-order valence-corrected chi connectivity index (χ1v) is 7.35. The van der Waals surface area contributed by atoms with E-state index >= 15 is 0 Å². The van der Waals surface area contributed by atoms with E-state index in [1.54, 1.807) is 24.3 Å². The molecule has 0 fully saturated rings. The number of aliphatic hydroxyl groups excluding tert-OH is 2. The molecule has 0 radical (unpaired) electrons. The molecule has 4 rings (SSSR count). The Kier molecular flexibility index (Phi) is 3.31. The fourth-order valence-corrected chi connectivity index (χ4v) is 2.45. The molecule has 118 valence electrons.